The van der Waals surface area contributed by atoms with Gasteiger partial charge in [-0.2, -0.15) is 0 Å². The second kappa shape index (κ2) is 15.4. The van der Waals surface area contributed by atoms with Crippen LogP contribution in [-0.2, 0) is 59.1 Å². The Morgan fingerprint density at radius 2 is 1.20 bits per heavy atom. The fourth-order valence-electron chi connectivity index (χ4n) is 5.50. The maximum Gasteiger partial charge on any atom is 0.356 e. The van der Waals surface area contributed by atoms with E-state index >= 15 is 0 Å². The maximum atomic E-state index is 14.4. The number of esters is 1. The van der Waals surface area contributed by atoms with Gasteiger partial charge >= 0.3 is 5.97 Å². The first kappa shape index (κ1) is 31.8. The van der Waals surface area contributed by atoms with Gasteiger partial charge in [-0.25, -0.2) is 4.79 Å². The molecule has 0 spiro atoms. The molecule has 4 aromatic rings. The van der Waals surface area contributed by atoms with Crippen LogP contribution in [0, 0.1) is 0 Å². The zero-order valence-electron chi connectivity index (χ0n) is 25.4. The SMILES string of the molecule is CC1=C(C(=O)Oc2ccccc2)S(=O)[C@H]2[C@@H](O1)O[C@H](COCc1ccccc1)[C@@H](OCc1ccccc1)[C@@H]2OCc1ccccc1. The average Bonchev–Trinajstić information content (AvgIpc) is 3.08. The summed E-state index contributed by atoms with van der Waals surface area (Å²) in [6.45, 7) is 2.62. The van der Waals surface area contributed by atoms with E-state index in [9.17, 15) is 9.00 Å². The smallest absolute Gasteiger partial charge is 0.356 e. The van der Waals surface area contributed by atoms with Crippen molar-refractivity contribution in [3.63, 3.8) is 0 Å². The topological polar surface area (TPSA) is 89.5 Å². The predicted molar refractivity (Wildman–Crippen MR) is 173 cm³/mol. The number of rotatable bonds is 12. The van der Waals surface area contributed by atoms with Crippen molar-refractivity contribution in [3.8, 4) is 5.75 Å². The molecule has 0 saturated carbocycles. The van der Waals surface area contributed by atoms with Crippen molar-refractivity contribution in [3.05, 3.63) is 149 Å². The Bertz CT molecular complexity index is 1610. The van der Waals surface area contributed by atoms with Crippen LogP contribution in [0.2, 0.25) is 0 Å². The summed E-state index contributed by atoms with van der Waals surface area (Å²) in [5, 5.41) is -0.892. The van der Waals surface area contributed by atoms with E-state index in [1.807, 2.05) is 97.1 Å². The number of allylic oxidation sites excluding steroid dienone is 1. The number of hydrogen-bond donors (Lipinski definition) is 0. The van der Waals surface area contributed by atoms with E-state index < -0.39 is 46.6 Å². The van der Waals surface area contributed by atoms with Crippen LogP contribution >= 0.6 is 0 Å². The fraction of sp³-hybridized carbons (Fsp3) is 0.270. The van der Waals surface area contributed by atoms with Gasteiger partial charge in [0.05, 0.1) is 37.2 Å². The number of benzene rings is 4. The highest BCUT2D eigenvalue weighted by atomic mass is 32.2. The Hall–Kier alpha value is -4.12. The van der Waals surface area contributed by atoms with Crippen molar-refractivity contribution in [2.45, 2.75) is 56.6 Å². The Morgan fingerprint density at radius 1 is 0.696 bits per heavy atom. The minimum atomic E-state index is -1.93. The van der Waals surface area contributed by atoms with Crippen LogP contribution in [-0.4, -0.2) is 46.6 Å². The van der Waals surface area contributed by atoms with E-state index in [2.05, 4.69) is 0 Å². The third-order valence-corrected chi connectivity index (χ3v) is 9.60. The van der Waals surface area contributed by atoms with Crippen LogP contribution in [0.25, 0.3) is 0 Å². The molecule has 9 heteroatoms. The Kier molecular flexibility index (Phi) is 10.7. The molecule has 1 fully saturated rings. The van der Waals surface area contributed by atoms with Crippen molar-refractivity contribution >= 4 is 16.8 Å². The minimum absolute atomic E-state index is 0.0670. The summed E-state index contributed by atoms with van der Waals surface area (Å²) in [7, 11) is -1.93. The lowest BCUT2D eigenvalue weighted by molar-refractivity contribution is -0.267. The zero-order chi connectivity index (χ0) is 31.7. The summed E-state index contributed by atoms with van der Waals surface area (Å²) in [5.41, 5.74) is 2.91. The van der Waals surface area contributed by atoms with E-state index in [0.717, 1.165) is 16.7 Å². The monoisotopic (exact) mass is 640 g/mol. The van der Waals surface area contributed by atoms with Gasteiger partial charge in [0, 0.05) is 0 Å². The van der Waals surface area contributed by atoms with Crippen LogP contribution in [0.1, 0.15) is 23.6 Å². The van der Waals surface area contributed by atoms with Crippen LogP contribution in [0.4, 0.5) is 0 Å². The average molecular weight is 641 g/mol. The third-order valence-electron chi connectivity index (χ3n) is 7.76. The molecule has 0 amide bonds. The first-order chi connectivity index (χ1) is 22.6. The molecule has 0 radical (unpaired) electrons. The molecule has 0 bridgehead atoms. The van der Waals surface area contributed by atoms with E-state index in [4.69, 9.17) is 28.4 Å². The molecule has 238 valence electrons. The van der Waals surface area contributed by atoms with Gasteiger partial charge in [0.2, 0.25) is 6.29 Å². The van der Waals surface area contributed by atoms with Gasteiger partial charge in [-0.1, -0.05) is 109 Å². The molecule has 46 heavy (non-hydrogen) atoms. The maximum absolute atomic E-state index is 14.4. The van der Waals surface area contributed by atoms with E-state index in [0.29, 0.717) is 12.4 Å². The first-order valence-corrected chi connectivity index (χ1v) is 16.4. The van der Waals surface area contributed by atoms with Crippen molar-refractivity contribution in [2.24, 2.45) is 0 Å². The molecule has 8 nitrogen and oxygen atoms in total. The summed E-state index contributed by atoms with van der Waals surface area (Å²) < 4.78 is 51.9. The summed E-state index contributed by atoms with van der Waals surface area (Å²) in [4.78, 5) is 13.3. The molecule has 4 aromatic carbocycles. The number of carbonyl (C=O) groups is 1. The standard InChI is InChI=1S/C37H36O8S/c1-26-34(36(38)44-30-20-12-5-13-21-30)46(39)35-33(42-24-29-18-10-4-11-19-29)32(41-23-28-16-8-3-9-17-28)31(45-37(35)43-26)25-40-22-27-14-6-2-7-15-27/h2-21,31-33,35,37H,22-25H2,1H3/t31-,32-,33+,35-,37+,46?/m1/s1. The van der Waals surface area contributed by atoms with Gasteiger partial charge in [0.15, 0.2) is 4.91 Å². The van der Waals surface area contributed by atoms with Gasteiger partial charge in [-0.3, -0.25) is 4.21 Å². The van der Waals surface area contributed by atoms with Crippen molar-refractivity contribution in [1.82, 2.24) is 0 Å². The Morgan fingerprint density at radius 3 is 1.76 bits per heavy atom. The molecule has 1 saturated heterocycles. The molecule has 0 aliphatic carbocycles. The van der Waals surface area contributed by atoms with Gasteiger partial charge in [0.1, 0.15) is 35.1 Å². The second-order valence-corrected chi connectivity index (χ2v) is 12.6. The first-order valence-electron chi connectivity index (χ1n) is 15.2. The third kappa shape index (κ3) is 7.81. The van der Waals surface area contributed by atoms with Gasteiger partial charge < -0.3 is 28.4 Å². The summed E-state index contributed by atoms with van der Waals surface area (Å²) >= 11 is 0. The van der Waals surface area contributed by atoms with E-state index in [-0.39, 0.29) is 30.5 Å². The zero-order valence-corrected chi connectivity index (χ0v) is 26.3. The Balaban J connectivity index is 1.30. The number of hydrogen-bond acceptors (Lipinski definition) is 8. The van der Waals surface area contributed by atoms with Crippen LogP contribution in [0.3, 0.4) is 0 Å². The Labute approximate surface area is 271 Å². The minimum Gasteiger partial charge on any atom is -0.467 e. The lowest BCUT2D eigenvalue weighted by atomic mass is 10.00. The fourth-order valence-corrected chi connectivity index (χ4v) is 7.11. The molecule has 1 unspecified atom stereocenters. The molecule has 6 rings (SSSR count). The summed E-state index contributed by atoms with van der Waals surface area (Å²) in [6.07, 6.45) is -3.10. The molecule has 2 aliphatic heterocycles. The van der Waals surface area contributed by atoms with Gasteiger partial charge in [-0.05, 0) is 35.7 Å². The largest absolute Gasteiger partial charge is 0.467 e. The second-order valence-electron chi connectivity index (χ2n) is 11.0. The van der Waals surface area contributed by atoms with E-state index in [1.165, 1.54) is 0 Å². The van der Waals surface area contributed by atoms with E-state index in [1.54, 1.807) is 31.2 Å². The van der Waals surface area contributed by atoms with Gasteiger partial charge in [0.25, 0.3) is 0 Å². The van der Waals surface area contributed by atoms with Gasteiger partial charge in [-0.15, -0.1) is 0 Å². The van der Waals surface area contributed by atoms with Crippen molar-refractivity contribution in [1.29, 1.82) is 0 Å². The molecule has 2 aliphatic rings. The molecule has 2 heterocycles. The van der Waals surface area contributed by atoms with Crippen LogP contribution < -0.4 is 4.74 Å². The van der Waals surface area contributed by atoms with Crippen molar-refractivity contribution < 1.29 is 37.4 Å². The number of fused-ring (bicyclic) bond motifs is 1. The molecule has 0 aromatic heterocycles. The molecular weight excluding hydrogens is 604 g/mol. The quantitative estimate of drug-likeness (QED) is 0.136. The van der Waals surface area contributed by atoms with Crippen LogP contribution in [0.15, 0.2) is 132 Å². The lowest BCUT2D eigenvalue weighted by Gasteiger charge is -2.47. The number of carbonyl (C=O) groups excluding carboxylic acids is 1. The summed E-state index contributed by atoms with van der Waals surface area (Å²) in [6, 6.07) is 38.0. The lowest BCUT2D eigenvalue weighted by Crippen LogP contribution is -2.63. The highest BCUT2D eigenvalue weighted by Gasteiger charge is 2.55. The molecular formula is C37H36O8S. The number of ether oxygens (including phenoxy) is 6. The summed E-state index contributed by atoms with van der Waals surface area (Å²) in [5.74, 6) is -0.240. The predicted octanol–water partition coefficient (Wildman–Crippen LogP) is 6.08. The highest BCUT2D eigenvalue weighted by Crippen LogP contribution is 2.38. The molecule has 0 N–H and O–H groups in total. The normalized spacial score (nSPS) is 24.1. The van der Waals surface area contributed by atoms with Crippen LogP contribution in [0.5, 0.6) is 5.75 Å². The number of para-hydroxylation sites is 1. The highest BCUT2D eigenvalue weighted by molar-refractivity contribution is 7.90. The molecule has 6 atom stereocenters. The van der Waals surface area contributed by atoms with Crippen molar-refractivity contribution in [2.75, 3.05) is 6.61 Å².